The average molecular weight is 356 g/mol. The molecule has 0 aromatic carbocycles. The summed E-state index contributed by atoms with van der Waals surface area (Å²) in [4.78, 5) is 0. The zero-order valence-corrected chi connectivity index (χ0v) is 13.0. The molecule has 0 aromatic rings. The van der Waals surface area contributed by atoms with E-state index in [4.69, 9.17) is 18.9 Å². The minimum Gasteiger partial charge on any atom is -0.394 e. The second-order valence-corrected chi connectivity index (χ2v) is 5.80. The second kappa shape index (κ2) is 8.29. The van der Waals surface area contributed by atoms with Gasteiger partial charge in [-0.1, -0.05) is 0 Å². The molecule has 0 bridgehead atoms. The van der Waals surface area contributed by atoms with Gasteiger partial charge in [-0.3, -0.25) is 0 Å². The summed E-state index contributed by atoms with van der Waals surface area (Å²) in [6, 6.07) is 0. The first kappa shape index (κ1) is 19.9. The zero-order chi connectivity index (χ0) is 18.0. The lowest BCUT2D eigenvalue weighted by molar-refractivity contribution is -0.355. The number of hydrogen-bond acceptors (Lipinski definition) is 11. The number of aliphatic hydroxyl groups excluding tert-OH is 7. The standard InChI is InChI=1S/C13H24O11/c1-21-3-5-6(15)7(16)10(19)13(23-5)24-11-4(2-14)22-12(20)9(18)8(11)17/h4-20H,2-3H2,1H3. The van der Waals surface area contributed by atoms with Crippen LogP contribution in [0, 0.1) is 0 Å². The molecule has 10 atom stereocenters. The minimum atomic E-state index is -1.72. The molecule has 0 aliphatic carbocycles. The van der Waals surface area contributed by atoms with Crippen LogP contribution in [-0.4, -0.2) is 117 Å². The van der Waals surface area contributed by atoms with Crippen LogP contribution in [0.4, 0.5) is 0 Å². The van der Waals surface area contributed by atoms with Crippen LogP contribution in [-0.2, 0) is 18.9 Å². The first-order valence-corrected chi connectivity index (χ1v) is 7.46. The molecular formula is C13H24O11. The Bertz CT molecular complexity index is 394. The Kier molecular flexibility index (Phi) is 6.87. The van der Waals surface area contributed by atoms with E-state index in [1.165, 1.54) is 7.11 Å². The average Bonchev–Trinajstić information content (AvgIpc) is 2.57. The van der Waals surface area contributed by atoms with Crippen molar-refractivity contribution in [3.05, 3.63) is 0 Å². The van der Waals surface area contributed by atoms with Crippen molar-refractivity contribution >= 4 is 0 Å². The summed E-state index contributed by atoms with van der Waals surface area (Å²) >= 11 is 0. The van der Waals surface area contributed by atoms with Crippen LogP contribution < -0.4 is 0 Å². The van der Waals surface area contributed by atoms with Crippen LogP contribution in [0.2, 0.25) is 0 Å². The van der Waals surface area contributed by atoms with Gasteiger partial charge in [-0.25, -0.2) is 0 Å². The van der Waals surface area contributed by atoms with Crippen molar-refractivity contribution in [3.8, 4) is 0 Å². The number of rotatable bonds is 5. The van der Waals surface area contributed by atoms with Gasteiger partial charge in [0, 0.05) is 7.11 Å². The summed E-state index contributed by atoms with van der Waals surface area (Å²) in [6.45, 7) is -0.750. The molecule has 0 spiro atoms. The van der Waals surface area contributed by atoms with Crippen molar-refractivity contribution in [1.82, 2.24) is 0 Å². The van der Waals surface area contributed by atoms with Gasteiger partial charge in [0.1, 0.15) is 48.8 Å². The van der Waals surface area contributed by atoms with Crippen LogP contribution in [0.5, 0.6) is 0 Å². The van der Waals surface area contributed by atoms with Gasteiger partial charge in [-0.15, -0.1) is 0 Å². The van der Waals surface area contributed by atoms with Crippen LogP contribution >= 0.6 is 0 Å². The molecule has 0 saturated carbocycles. The zero-order valence-electron chi connectivity index (χ0n) is 13.0. The van der Waals surface area contributed by atoms with Crippen LogP contribution in [0.3, 0.4) is 0 Å². The van der Waals surface area contributed by atoms with Gasteiger partial charge in [0.2, 0.25) is 0 Å². The lowest BCUT2D eigenvalue weighted by Crippen LogP contribution is -2.64. The topological polar surface area (TPSA) is 179 Å². The highest BCUT2D eigenvalue weighted by Crippen LogP contribution is 2.28. The van der Waals surface area contributed by atoms with Gasteiger partial charge in [0.15, 0.2) is 12.6 Å². The van der Waals surface area contributed by atoms with E-state index in [-0.39, 0.29) is 6.61 Å². The fraction of sp³-hybridized carbons (Fsp3) is 1.00. The Morgan fingerprint density at radius 1 is 0.792 bits per heavy atom. The van der Waals surface area contributed by atoms with Crippen LogP contribution in [0.1, 0.15) is 0 Å². The van der Waals surface area contributed by atoms with Gasteiger partial charge in [0.05, 0.1) is 13.2 Å². The summed E-state index contributed by atoms with van der Waals surface area (Å²) in [5.41, 5.74) is 0. The highest BCUT2D eigenvalue weighted by atomic mass is 16.7. The first-order chi connectivity index (χ1) is 11.3. The first-order valence-electron chi connectivity index (χ1n) is 7.46. The van der Waals surface area contributed by atoms with Gasteiger partial charge < -0.3 is 54.7 Å². The third-order valence-corrected chi connectivity index (χ3v) is 4.13. The Labute approximate surface area is 137 Å². The number of methoxy groups -OCH3 is 1. The van der Waals surface area contributed by atoms with Crippen molar-refractivity contribution in [2.24, 2.45) is 0 Å². The molecule has 10 unspecified atom stereocenters. The fourth-order valence-corrected chi connectivity index (χ4v) is 2.72. The summed E-state index contributed by atoms with van der Waals surface area (Å²) in [5.74, 6) is 0. The second-order valence-electron chi connectivity index (χ2n) is 5.80. The third kappa shape index (κ3) is 3.86. The van der Waals surface area contributed by atoms with Crippen molar-refractivity contribution in [1.29, 1.82) is 0 Å². The van der Waals surface area contributed by atoms with Gasteiger partial charge in [-0.2, -0.15) is 0 Å². The predicted molar refractivity (Wildman–Crippen MR) is 73.4 cm³/mol. The highest BCUT2D eigenvalue weighted by Gasteiger charge is 2.50. The number of aliphatic hydroxyl groups is 7. The fourth-order valence-electron chi connectivity index (χ4n) is 2.72. The molecule has 2 heterocycles. The molecule has 11 heteroatoms. The van der Waals surface area contributed by atoms with Crippen LogP contribution in [0.25, 0.3) is 0 Å². The largest absolute Gasteiger partial charge is 0.394 e. The maximum absolute atomic E-state index is 10.0. The smallest absolute Gasteiger partial charge is 0.187 e. The lowest BCUT2D eigenvalue weighted by Gasteiger charge is -2.45. The molecule has 0 amide bonds. The van der Waals surface area contributed by atoms with E-state index >= 15 is 0 Å². The Balaban J connectivity index is 2.11. The summed E-state index contributed by atoms with van der Waals surface area (Å²) in [5, 5.41) is 68.1. The quantitative estimate of drug-likeness (QED) is 0.251. The van der Waals surface area contributed by atoms with Crippen LogP contribution in [0.15, 0.2) is 0 Å². The van der Waals surface area contributed by atoms with Crippen molar-refractivity contribution in [3.63, 3.8) is 0 Å². The van der Waals surface area contributed by atoms with E-state index in [2.05, 4.69) is 0 Å². The Hall–Kier alpha value is -0.440. The molecule has 2 aliphatic heterocycles. The van der Waals surface area contributed by atoms with E-state index in [1.807, 2.05) is 0 Å². The molecule has 11 nitrogen and oxygen atoms in total. The molecule has 24 heavy (non-hydrogen) atoms. The van der Waals surface area contributed by atoms with Gasteiger partial charge >= 0.3 is 0 Å². The molecule has 7 N–H and O–H groups in total. The van der Waals surface area contributed by atoms with E-state index < -0.39 is 68.0 Å². The normalized spacial score (nSPS) is 50.0. The molecule has 0 radical (unpaired) electrons. The highest BCUT2D eigenvalue weighted by molar-refractivity contribution is 4.93. The van der Waals surface area contributed by atoms with E-state index in [0.29, 0.717) is 0 Å². The maximum atomic E-state index is 10.0. The Morgan fingerprint density at radius 3 is 2.04 bits per heavy atom. The molecule has 2 rings (SSSR count). The van der Waals surface area contributed by atoms with Crippen molar-refractivity contribution in [2.45, 2.75) is 61.4 Å². The van der Waals surface area contributed by atoms with Gasteiger partial charge in [-0.05, 0) is 0 Å². The Morgan fingerprint density at radius 2 is 1.46 bits per heavy atom. The van der Waals surface area contributed by atoms with Crippen molar-refractivity contribution < 1.29 is 54.7 Å². The molecule has 2 aliphatic rings. The summed E-state index contributed by atoms with van der Waals surface area (Å²) < 4.78 is 20.5. The molecule has 2 fully saturated rings. The third-order valence-electron chi connectivity index (χ3n) is 4.13. The van der Waals surface area contributed by atoms with E-state index in [1.54, 1.807) is 0 Å². The molecular weight excluding hydrogens is 332 g/mol. The summed E-state index contributed by atoms with van der Waals surface area (Å²) in [7, 11) is 1.35. The van der Waals surface area contributed by atoms with Crippen molar-refractivity contribution in [2.75, 3.05) is 20.3 Å². The number of ether oxygens (including phenoxy) is 4. The lowest BCUT2D eigenvalue weighted by atomic mass is 9.97. The monoisotopic (exact) mass is 356 g/mol. The van der Waals surface area contributed by atoms with Gasteiger partial charge in [0.25, 0.3) is 0 Å². The summed E-state index contributed by atoms with van der Waals surface area (Å²) in [6.07, 6.45) is -14.8. The minimum absolute atomic E-state index is 0.0979. The molecule has 0 aromatic heterocycles. The molecule has 142 valence electrons. The number of hydrogen-bond donors (Lipinski definition) is 7. The SMILES string of the molecule is COCC1OC(OC2C(CO)OC(O)C(O)C2O)C(O)C(O)C1O. The van der Waals surface area contributed by atoms with E-state index in [9.17, 15) is 35.7 Å². The predicted octanol–water partition coefficient (Wildman–Crippen LogP) is -4.74. The molecule has 2 saturated heterocycles. The van der Waals surface area contributed by atoms with E-state index in [0.717, 1.165) is 0 Å². The maximum Gasteiger partial charge on any atom is 0.187 e.